The number of carbonyl (C=O) groups excluding carboxylic acids is 2. The van der Waals surface area contributed by atoms with Gasteiger partial charge in [-0.15, -0.1) is 11.3 Å². The summed E-state index contributed by atoms with van der Waals surface area (Å²) in [6.45, 7) is 4.73. The molecule has 0 bridgehead atoms. The minimum atomic E-state index is -0.324. The molecule has 6 nitrogen and oxygen atoms in total. The summed E-state index contributed by atoms with van der Waals surface area (Å²) in [5, 5.41) is 7.73. The minimum absolute atomic E-state index is 0.159. The zero-order chi connectivity index (χ0) is 21.1. The van der Waals surface area contributed by atoms with Crippen molar-refractivity contribution in [3.63, 3.8) is 0 Å². The molecule has 30 heavy (non-hydrogen) atoms. The predicted molar refractivity (Wildman–Crippen MR) is 118 cm³/mol. The second-order valence-corrected chi connectivity index (χ2v) is 7.95. The predicted octanol–water partition coefficient (Wildman–Crippen LogP) is 5.31. The number of aromatic nitrogens is 1. The van der Waals surface area contributed by atoms with Crippen LogP contribution < -0.4 is 10.6 Å². The number of rotatable bonds is 6. The molecule has 0 aliphatic rings. The summed E-state index contributed by atoms with van der Waals surface area (Å²) < 4.78 is 7.22. The van der Waals surface area contributed by atoms with Crippen LogP contribution in [0.3, 0.4) is 0 Å². The number of carbonyl (C=O) groups is 2. The first-order valence-electron chi connectivity index (χ1n) is 9.46. The van der Waals surface area contributed by atoms with Gasteiger partial charge in [-0.3, -0.25) is 9.59 Å². The molecule has 0 aliphatic heterocycles. The van der Waals surface area contributed by atoms with E-state index in [0.717, 1.165) is 17.9 Å². The molecule has 0 aliphatic carbocycles. The number of hydrogen-bond donors (Lipinski definition) is 2. The number of hydrogen-bond acceptors (Lipinski definition) is 4. The Bertz CT molecular complexity index is 1160. The quantitative estimate of drug-likeness (QED) is 0.444. The van der Waals surface area contributed by atoms with Gasteiger partial charge in [0.2, 0.25) is 0 Å². The Morgan fingerprint density at radius 1 is 0.967 bits per heavy atom. The topological polar surface area (TPSA) is 76.3 Å². The van der Waals surface area contributed by atoms with Crippen molar-refractivity contribution in [3.8, 4) is 0 Å². The lowest BCUT2D eigenvalue weighted by Gasteiger charge is -2.09. The van der Waals surface area contributed by atoms with Crippen LogP contribution in [0, 0.1) is 13.8 Å². The number of nitrogens with zero attached hydrogens (tertiary/aromatic N) is 1. The molecule has 0 saturated carbocycles. The third kappa shape index (κ3) is 4.21. The molecule has 2 amide bonds. The molecule has 3 aromatic heterocycles. The van der Waals surface area contributed by atoms with Crippen LogP contribution in [0.2, 0.25) is 0 Å². The smallest absolute Gasteiger partial charge is 0.291 e. The van der Waals surface area contributed by atoms with E-state index >= 15 is 0 Å². The van der Waals surface area contributed by atoms with Crippen molar-refractivity contribution in [2.45, 2.75) is 20.4 Å². The van der Waals surface area contributed by atoms with Gasteiger partial charge in [0.25, 0.3) is 11.8 Å². The van der Waals surface area contributed by atoms with E-state index in [0.29, 0.717) is 16.9 Å². The van der Waals surface area contributed by atoms with Gasteiger partial charge in [-0.25, -0.2) is 0 Å². The van der Waals surface area contributed by atoms with Gasteiger partial charge in [-0.2, -0.15) is 0 Å². The maximum atomic E-state index is 12.8. The van der Waals surface area contributed by atoms with Gasteiger partial charge in [0.05, 0.1) is 18.4 Å². The van der Waals surface area contributed by atoms with Crippen molar-refractivity contribution < 1.29 is 14.0 Å². The van der Waals surface area contributed by atoms with E-state index in [-0.39, 0.29) is 17.6 Å². The zero-order valence-electron chi connectivity index (χ0n) is 16.6. The summed E-state index contributed by atoms with van der Waals surface area (Å²) in [7, 11) is 0. The Balaban J connectivity index is 1.43. The van der Waals surface area contributed by atoms with E-state index in [1.54, 1.807) is 47.7 Å². The number of benzene rings is 1. The largest absolute Gasteiger partial charge is 0.459 e. The van der Waals surface area contributed by atoms with E-state index in [1.807, 2.05) is 26.0 Å². The van der Waals surface area contributed by atoms with Crippen LogP contribution in [-0.4, -0.2) is 16.4 Å². The molecule has 0 spiro atoms. The van der Waals surface area contributed by atoms with Crippen LogP contribution in [0.15, 0.2) is 70.7 Å². The number of anilines is 2. The highest BCUT2D eigenvalue weighted by Gasteiger charge is 2.16. The fraction of sp³-hybridized carbons (Fsp3) is 0.130. The normalized spacial score (nSPS) is 10.7. The van der Waals surface area contributed by atoms with Gasteiger partial charge in [0, 0.05) is 27.6 Å². The molecule has 4 rings (SSSR count). The molecule has 7 heteroatoms. The van der Waals surface area contributed by atoms with Gasteiger partial charge in [-0.05, 0) is 67.8 Å². The third-order valence-corrected chi connectivity index (χ3v) is 5.72. The molecule has 152 valence electrons. The van der Waals surface area contributed by atoms with E-state index in [2.05, 4.69) is 26.6 Å². The first-order chi connectivity index (χ1) is 14.5. The maximum absolute atomic E-state index is 12.8. The highest BCUT2D eigenvalue weighted by atomic mass is 32.1. The lowest BCUT2D eigenvalue weighted by atomic mass is 10.2. The van der Waals surface area contributed by atoms with E-state index in [9.17, 15) is 9.59 Å². The van der Waals surface area contributed by atoms with Gasteiger partial charge in [0.15, 0.2) is 5.76 Å². The highest BCUT2D eigenvalue weighted by Crippen LogP contribution is 2.21. The number of aryl methyl sites for hydroxylation is 1. The number of furan rings is 1. The highest BCUT2D eigenvalue weighted by molar-refractivity contribution is 7.09. The Hall–Kier alpha value is -3.58. The van der Waals surface area contributed by atoms with Crippen LogP contribution in [0.4, 0.5) is 11.4 Å². The van der Waals surface area contributed by atoms with Crippen LogP contribution in [-0.2, 0) is 6.54 Å². The molecule has 0 unspecified atom stereocenters. The van der Waals surface area contributed by atoms with Gasteiger partial charge < -0.3 is 19.6 Å². The van der Waals surface area contributed by atoms with Crippen molar-refractivity contribution in [2.75, 3.05) is 10.6 Å². The van der Waals surface area contributed by atoms with E-state index in [4.69, 9.17) is 4.42 Å². The summed E-state index contributed by atoms with van der Waals surface area (Å²) in [4.78, 5) is 26.1. The molecular formula is C23H21N3O3S. The van der Waals surface area contributed by atoms with Gasteiger partial charge in [-0.1, -0.05) is 6.07 Å². The molecular weight excluding hydrogens is 398 g/mol. The molecule has 3 heterocycles. The molecule has 0 atom stereocenters. The molecule has 0 radical (unpaired) electrons. The monoisotopic (exact) mass is 419 g/mol. The van der Waals surface area contributed by atoms with E-state index in [1.165, 1.54) is 11.1 Å². The molecule has 1 aromatic carbocycles. The average Bonchev–Trinajstić information content (AvgIpc) is 3.48. The summed E-state index contributed by atoms with van der Waals surface area (Å²) in [6.07, 6.45) is 1.45. The standard InChI is InChI=1S/C23H21N3O3S/c1-15-13-20(16(2)26(15)14-19-5-4-12-30-19)22(27)24-17-7-9-18(10-8-17)25-23(28)21-6-3-11-29-21/h3-13H,14H2,1-2H3,(H,24,27)(H,25,28). The summed E-state index contributed by atoms with van der Waals surface area (Å²) >= 11 is 1.70. The first kappa shape index (κ1) is 19.7. The SMILES string of the molecule is Cc1cc(C(=O)Nc2ccc(NC(=O)c3ccco3)cc2)c(C)n1Cc1cccs1. The number of amides is 2. The van der Waals surface area contributed by atoms with Crippen LogP contribution in [0.5, 0.6) is 0 Å². The number of thiophene rings is 1. The molecule has 2 N–H and O–H groups in total. The van der Waals surface area contributed by atoms with E-state index < -0.39 is 0 Å². The van der Waals surface area contributed by atoms with Gasteiger partial charge >= 0.3 is 0 Å². The van der Waals surface area contributed by atoms with Crippen LogP contribution >= 0.6 is 11.3 Å². The Morgan fingerprint density at radius 3 is 2.27 bits per heavy atom. The van der Waals surface area contributed by atoms with Crippen molar-refractivity contribution in [1.29, 1.82) is 0 Å². The lowest BCUT2D eigenvalue weighted by Crippen LogP contribution is -2.14. The Kier molecular flexibility index (Phi) is 5.54. The first-order valence-corrected chi connectivity index (χ1v) is 10.3. The lowest BCUT2D eigenvalue weighted by molar-refractivity contribution is 0.0994. The zero-order valence-corrected chi connectivity index (χ0v) is 17.5. The number of nitrogens with one attached hydrogen (secondary N) is 2. The molecule has 0 fully saturated rings. The minimum Gasteiger partial charge on any atom is -0.459 e. The summed E-state index contributed by atoms with van der Waals surface area (Å²) in [5.41, 5.74) is 3.89. The van der Waals surface area contributed by atoms with Crippen LogP contribution in [0.25, 0.3) is 0 Å². The van der Waals surface area contributed by atoms with Crippen molar-refractivity contribution >= 4 is 34.5 Å². The fourth-order valence-corrected chi connectivity index (χ4v) is 3.96. The van der Waals surface area contributed by atoms with Crippen molar-refractivity contribution in [3.05, 3.63) is 93.8 Å². The second kappa shape index (κ2) is 8.42. The maximum Gasteiger partial charge on any atom is 0.291 e. The summed E-state index contributed by atoms with van der Waals surface area (Å²) in [5.74, 6) is -0.242. The van der Waals surface area contributed by atoms with Gasteiger partial charge in [0.1, 0.15) is 0 Å². The Morgan fingerprint density at radius 2 is 1.67 bits per heavy atom. The third-order valence-electron chi connectivity index (χ3n) is 4.86. The fourth-order valence-electron chi connectivity index (χ4n) is 3.27. The van der Waals surface area contributed by atoms with Crippen molar-refractivity contribution in [1.82, 2.24) is 4.57 Å². The average molecular weight is 420 g/mol. The van der Waals surface area contributed by atoms with Crippen molar-refractivity contribution in [2.24, 2.45) is 0 Å². The second-order valence-electron chi connectivity index (χ2n) is 6.91. The molecule has 4 aromatic rings. The Labute approximate surface area is 178 Å². The molecule has 0 saturated heterocycles. The van der Waals surface area contributed by atoms with Crippen LogP contribution in [0.1, 0.15) is 37.2 Å². The summed E-state index contributed by atoms with van der Waals surface area (Å²) in [6, 6.07) is 16.3.